The number of hydrogen-bond donors (Lipinski definition) is 1. The van der Waals surface area contributed by atoms with Crippen molar-refractivity contribution in [3.63, 3.8) is 0 Å². The third kappa shape index (κ3) is 1.40. The number of nitrogen functional groups attached to an aromatic ring is 1. The number of hydrogen-bond acceptors (Lipinski definition) is 2. The highest BCUT2D eigenvalue weighted by molar-refractivity contribution is 7.70. The Morgan fingerprint density at radius 3 is 2.23 bits per heavy atom. The zero-order chi connectivity index (χ0) is 9.64. The molecule has 0 radical (unpaired) electrons. The summed E-state index contributed by atoms with van der Waals surface area (Å²) in [6, 6.07) is 4.00. The van der Waals surface area contributed by atoms with Gasteiger partial charge in [-0.05, 0) is 49.4 Å². The summed E-state index contributed by atoms with van der Waals surface area (Å²) >= 11 is 0. The Labute approximate surface area is 78.5 Å². The summed E-state index contributed by atoms with van der Waals surface area (Å²) < 4.78 is 11.8. The molecule has 1 aliphatic carbocycles. The molecule has 13 heavy (non-hydrogen) atoms. The van der Waals surface area contributed by atoms with E-state index in [0.29, 0.717) is 5.69 Å². The van der Waals surface area contributed by atoms with Gasteiger partial charge < -0.3 is 10.3 Å². The highest BCUT2D eigenvalue weighted by Gasteiger charge is 2.20. The van der Waals surface area contributed by atoms with E-state index >= 15 is 0 Å². The van der Waals surface area contributed by atoms with Gasteiger partial charge in [-0.3, -0.25) is 0 Å². The number of nitrogens with two attached hydrogens (primary N) is 1. The first-order valence-electron chi connectivity index (χ1n) is 4.45. The largest absolute Gasteiger partial charge is 0.398 e. The third-order valence-electron chi connectivity index (χ3n) is 2.59. The van der Waals surface area contributed by atoms with Gasteiger partial charge >= 0.3 is 0 Å². The zero-order valence-corrected chi connectivity index (χ0v) is 8.90. The molecule has 2 rings (SSSR count). The van der Waals surface area contributed by atoms with E-state index in [-0.39, 0.29) is 0 Å². The predicted molar refractivity (Wildman–Crippen MR) is 57.4 cm³/mol. The fourth-order valence-electron chi connectivity index (χ4n) is 1.72. The molecule has 0 saturated heterocycles. The van der Waals surface area contributed by atoms with Crippen LogP contribution in [-0.4, -0.2) is 13.3 Å². The lowest BCUT2D eigenvalue weighted by molar-refractivity contribution is 0.588. The molecule has 0 unspecified atom stereocenters. The molecule has 2 nitrogen and oxygen atoms in total. The minimum atomic E-state index is -2.19. The van der Waals surface area contributed by atoms with Crippen LogP contribution < -0.4 is 11.0 Å². The summed E-state index contributed by atoms with van der Waals surface area (Å²) in [6.45, 7) is 3.54. The van der Waals surface area contributed by atoms with Crippen LogP contribution >= 0.6 is 7.14 Å². The van der Waals surface area contributed by atoms with Gasteiger partial charge in [0.25, 0.3) is 0 Å². The normalized spacial score (nSPS) is 14.9. The smallest absolute Gasteiger partial charge is 0.111 e. The van der Waals surface area contributed by atoms with Crippen LogP contribution in [0.4, 0.5) is 5.69 Å². The SMILES string of the molecule is CP(C)(=O)c1cc2c(cc1N)CC2. The molecule has 0 saturated carbocycles. The van der Waals surface area contributed by atoms with E-state index in [1.54, 1.807) is 13.3 Å². The molecule has 0 bridgehead atoms. The van der Waals surface area contributed by atoms with Crippen molar-refractivity contribution in [1.29, 1.82) is 0 Å². The van der Waals surface area contributed by atoms with Gasteiger partial charge in [0.15, 0.2) is 0 Å². The highest BCUT2D eigenvalue weighted by Crippen LogP contribution is 2.39. The maximum absolute atomic E-state index is 11.8. The van der Waals surface area contributed by atoms with E-state index in [4.69, 9.17) is 5.73 Å². The number of fused-ring (bicyclic) bond motifs is 1. The Hall–Kier alpha value is -0.750. The summed E-state index contributed by atoms with van der Waals surface area (Å²) in [7, 11) is -2.19. The standard InChI is InChI=1S/C10H14NOP/c1-13(2,12)10-6-8-4-3-7(8)5-9(10)11/h5-6H,3-4,11H2,1-2H3. The van der Waals surface area contributed by atoms with Crippen LogP contribution in [0.3, 0.4) is 0 Å². The maximum Gasteiger partial charge on any atom is 0.111 e. The fraction of sp³-hybridized carbons (Fsp3) is 0.400. The average Bonchev–Trinajstić information content (AvgIpc) is 1.94. The van der Waals surface area contributed by atoms with Crippen LogP contribution in [0.25, 0.3) is 0 Å². The number of anilines is 1. The first kappa shape index (κ1) is 8.83. The van der Waals surface area contributed by atoms with Crippen LogP contribution in [0.1, 0.15) is 11.1 Å². The van der Waals surface area contributed by atoms with E-state index in [2.05, 4.69) is 0 Å². The molecule has 0 amide bonds. The Morgan fingerprint density at radius 2 is 1.77 bits per heavy atom. The van der Waals surface area contributed by atoms with Crippen molar-refractivity contribution in [3.05, 3.63) is 23.3 Å². The van der Waals surface area contributed by atoms with Gasteiger partial charge in [-0.1, -0.05) is 0 Å². The predicted octanol–water partition coefficient (Wildman–Crippen LogP) is 1.62. The molecule has 0 aliphatic heterocycles. The molecule has 0 atom stereocenters. The van der Waals surface area contributed by atoms with Crippen LogP contribution in [0.5, 0.6) is 0 Å². The molecule has 0 fully saturated rings. The lowest BCUT2D eigenvalue weighted by Crippen LogP contribution is -2.17. The highest BCUT2D eigenvalue weighted by atomic mass is 31.2. The molecule has 3 heteroatoms. The molecule has 1 aromatic rings. The molecule has 0 aromatic heterocycles. The molecule has 2 N–H and O–H groups in total. The zero-order valence-electron chi connectivity index (χ0n) is 8.00. The van der Waals surface area contributed by atoms with Gasteiger partial charge in [-0.2, -0.15) is 0 Å². The summed E-state index contributed by atoms with van der Waals surface area (Å²) in [5, 5.41) is 0.853. The molecule has 0 spiro atoms. The molecule has 1 aliphatic rings. The van der Waals surface area contributed by atoms with E-state index < -0.39 is 7.14 Å². The Morgan fingerprint density at radius 1 is 1.23 bits per heavy atom. The van der Waals surface area contributed by atoms with Gasteiger partial charge in [0, 0.05) is 11.0 Å². The summed E-state index contributed by atoms with van der Waals surface area (Å²) in [5.41, 5.74) is 9.19. The van der Waals surface area contributed by atoms with Crippen molar-refractivity contribution in [2.45, 2.75) is 12.8 Å². The van der Waals surface area contributed by atoms with Crippen molar-refractivity contribution >= 4 is 18.1 Å². The summed E-state index contributed by atoms with van der Waals surface area (Å²) in [4.78, 5) is 0. The van der Waals surface area contributed by atoms with Gasteiger partial charge in [0.05, 0.1) is 0 Å². The lowest BCUT2D eigenvalue weighted by Gasteiger charge is -2.22. The van der Waals surface area contributed by atoms with Gasteiger partial charge in [0.2, 0.25) is 0 Å². The quantitative estimate of drug-likeness (QED) is 0.546. The second-order valence-electron chi connectivity index (χ2n) is 4.03. The maximum atomic E-state index is 11.8. The van der Waals surface area contributed by atoms with Crippen LogP contribution in [-0.2, 0) is 17.4 Å². The van der Waals surface area contributed by atoms with Gasteiger partial charge in [0.1, 0.15) is 7.14 Å². The number of aryl methyl sites for hydroxylation is 2. The Kier molecular flexibility index (Phi) is 1.78. The van der Waals surface area contributed by atoms with Crippen molar-refractivity contribution in [1.82, 2.24) is 0 Å². The van der Waals surface area contributed by atoms with Gasteiger partial charge in [-0.15, -0.1) is 0 Å². The Bertz CT molecular complexity index is 406. The van der Waals surface area contributed by atoms with E-state index in [1.807, 2.05) is 12.1 Å². The Balaban J connectivity index is 2.59. The molecule has 1 aromatic carbocycles. The average molecular weight is 195 g/mol. The minimum absolute atomic E-state index is 0.701. The van der Waals surface area contributed by atoms with Crippen LogP contribution in [0.15, 0.2) is 12.1 Å². The second kappa shape index (κ2) is 2.62. The van der Waals surface area contributed by atoms with Crippen molar-refractivity contribution in [2.24, 2.45) is 0 Å². The molecule has 0 heterocycles. The van der Waals surface area contributed by atoms with Crippen LogP contribution in [0, 0.1) is 0 Å². The fourth-order valence-corrected chi connectivity index (χ4v) is 2.87. The van der Waals surface area contributed by atoms with Crippen molar-refractivity contribution in [3.8, 4) is 0 Å². The second-order valence-corrected chi connectivity index (χ2v) is 7.21. The number of rotatable bonds is 1. The monoisotopic (exact) mass is 195 g/mol. The van der Waals surface area contributed by atoms with Crippen molar-refractivity contribution in [2.75, 3.05) is 19.1 Å². The molecular formula is C10H14NOP. The first-order valence-corrected chi connectivity index (χ1v) is 7.05. The molecule has 70 valence electrons. The van der Waals surface area contributed by atoms with Crippen molar-refractivity contribution < 1.29 is 4.57 Å². The third-order valence-corrected chi connectivity index (χ3v) is 4.14. The molecular weight excluding hydrogens is 181 g/mol. The van der Waals surface area contributed by atoms with Crippen LogP contribution in [0.2, 0.25) is 0 Å². The van der Waals surface area contributed by atoms with Gasteiger partial charge in [-0.25, -0.2) is 0 Å². The lowest BCUT2D eigenvalue weighted by atomic mass is 9.88. The summed E-state index contributed by atoms with van der Waals surface area (Å²) in [6.07, 6.45) is 2.24. The topological polar surface area (TPSA) is 43.1 Å². The number of benzene rings is 1. The van der Waals surface area contributed by atoms with E-state index in [0.717, 1.165) is 18.1 Å². The minimum Gasteiger partial charge on any atom is -0.398 e. The van der Waals surface area contributed by atoms with E-state index in [1.165, 1.54) is 11.1 Å². The first-order chi connectivity index (χ1) is 5.98. The summed E-state index contributed by atoms with van der Waals surface area (Å²) in [5.74, 6) is 0. The van der Waals surface area contributed by atoms with E-state index in [9.17, 15) is 4.57 Å².